The number of hydrogen-bond acceptors (Lipinski definition) is 3. The number of aromatic carboxylic acids is 1. The van der Waals surface area contributed by atoms with Crippen LogP contribution in [0.1, 0.15) is 10.6 Å². The quantitative estimate of drug-likeness (QED) is 0.868. The first-order valence-electron chi connectivity index (χ1n) is 5.04. The van der Waals surface area contributed by atoms with E-state index in [1.807, 2.05) is 0 Å². The molecular formula is C11H5BrF3NO4. The smallest absolute Gasteiger partial charge is 0.471 e. The van der Waals surface area contributed by atoms with Crippen LogP contribution >= 0.6 is 15.9 Å². The minimum absolute atomic E-state index is 0.0363. The Morgan fingerprint density at radius 2 is 1.95 bits per heavy atom. The summed E-state index contributed by atoms with van der Waals surface area (Å²) in [5, 5.41) is 10.5. The number of halogens is 4. The number of rotatable bonds is 2. The molecule has 0 fully saturated rings. The van der Waals surface area contributed by atoms with Gasteiger partial charge in [-0.25, -0.2) is 4.79 Å². The molecule has 0 aliphatic carbocycles. The van der Waals surface area contributed by atoms with Gasteiger partial charge in [-0.05, 0) is 28.1 Å². The van der Waals surface area contributed by atoms with E-state index in [0.29, 0.717) is 4.47 Å². The van der Waals surface area contributed by atoms with Gasteiger partial charge in [0.2, 0.25) is 5.76 Å². The Kier molecular flexibility index (Phi) is 3.46. The number of carboxylic acid groups (broad SMARTS) is 1. The summed E-state index contributed by atoms with van der Waals surface area (Å²) in [4.78, 5) is 22.0. The van der Waals surface area contributed by atoms with E-state index in [1.54, 1.807) is 0 Å². The van der Waals surface area contributed by atoms with Crippen molar-refractivity contribution in [1.29, 1.82) is 0 Å². The molecule has 2 N–H and O–H groups in total. The maximum atomic E-state index is 12.3. The third-order valence-electron chi connectivity index (χ3n) is 2.35. The van der Waals surface area contributed by atoms with Gasteiger partial charge in [-0.2, -0.15) is 13.2 Å². The summed E-state index contributed by atoms with van der Waals surface area (Å²) < 4.78 is 42.1. The van der Waals surface area contributed by atoms with Gasteiger partial charge >= 0.3 is 18.1 Å². The molecule has 2 rings (SSSR count). The SMILES string of the molecule is O=C(O)c1oc2cccc(Br)c2c1NC(=O)C(F)(F)F. The van der Waals surface area contributed by atoms with Gasteiger partial charge in [0.1, 0.15) is 11.3 Å². The first-order valence-corrected chi connectivity index (χ1v) is 5.83. The number of anilines is 1. The molecule has 1 amide bonds. The maximum absolute atomic E-state index is 12.3. The molecule has 0 saturated heterocycles. The van der Waals surface area contributed by atoms with Crippen LogP contribution in [-0.2, 0) is 4.79 Å². The van der Waals surface area contributed by atoms with Crippen molar-refractivity contribution in [2.45, 2.75) is 6.18 Å². The summed E-state index contributed by atoms with van der Waals surface area (Å²) >= 11 is 3.07. The fourth-order valence-corrected chi connectivity index (χ4v) is 2.11. The van der Waals surface area contributed by atoms with Crippen LogP contribution in [0.2, 0.25) is 0 Å². The van der Waals surface area contributed by atoms with Crippen LogP contribution in [-0.4, -0.2) is 23.2 Å². The lowest BCUT2D eigenvalue weighted by molar-refractivity contribution is -0.167. The highest BCUT2D eigenvalue weighted by atomic mass is 79.9. The molecule has 20 heavy (non-hydrogen) atoms. The molecule has 106 valence electrons. The van der Waals surface area contributed by atoms with Gasteiger partial charge < -0.3 is 14.8 Å². The molecule has 1 heterocycles. The standard InChI is InChI=1S/C11H5BrF3NO4/c12-4-2-1-3-5-6(4)7(8(20-5)9(17)18)16-10(19)11(13,14)15/h1-3H,(H,16,19)(H,17,18). The highest BCUT2D eigenvalue weighted by Gasteiger charge is 2.40. The Morgan fingerprint density at radius 1 is 1.30 bits per heavy atom. The predicted octanol–water partition coefficient (Wildman–Crippen LogP) is 3.39. The van der Waals surface area contributed by atoms with Crippen LogP contribution < -0.4 is 5.32 Å². The molecule has 5 nitrogen and oxygen atoms in total. The van der Waals surface area contributed by atoms with Gasteiger partial charge in [-0.3, -0.25) is 4.79 Å². The molecule has 0 spiro atoms. The fraction of sp³-hybridized carbons (Fsp3) is 0.0909. The van der Waals surface area contributed by atoms with Crippen molar-refractivity contribution in [3.05, 3.63) is 28.4 Å². The van der Waals surface area contributed by atoms with E-state index < -0.39 is 29.5 Å². The van der Waals surface area contributed by atoms with Crippen molar-refractivity contribution in [2.75, 3.05) is 5.32 Å². The normalized spacial score (nSPS) is 11.6. The highest BCUT2D eigenvalue weighted by Crippen LogP contribution is 2.37. The third kappa shape index (κ3) is 2.48. The molecule has 1 aromatic heterocycles. The number of nitrogens with one attached hydrogen (secondary N) is 1. The minimum Gasteiger partial charge on any atom is -0.475 e. The Bertz CT molecular complexity index is 707. The summed E-state index contributed by atoms with van der Waals surface area (Å²) in [7, 11) is 0. The monoisotopic (exact) mass is 351 g/mol. The second-order valence-corrected chi connectivity index (χ2v) is 4.53. The van der Waals surface area contributed by atoms with Crippen LogP contribution in [0.4, 0.5) is 18.9 Å². The molecule has 0 bridgehead atoms. The third-order valence-corrected chi connectivity index (χ3v) is 3.02. The largest absolute Gasteiger partial charge is 0.475 e. The van der Waals surface area contributed by atoms with Crippen LogP contribution in [0.25, 0.3) is 11.0 Å². The number of alkyl halides is 3. The Hall–Kier alpha value is -2.03. The number of carboxylic acids is 1. The number of fused-ring (bicyclic) bond motifs is 1. The molecule has 0 unspecified atom stereocenters. The molecule has 0 radical (unpaired) electrons. The van der Waals surface area contributed by atoms with Gasteiger partial charge in [-0.15, -0.1) is 0 Å². The number of furan rings is 1. The number of carbonyl (C=O) groups is 2. The van der Waals surface area contributed by atoms with Crippen LogP contribution in [0.3, 0.4) is 0 Å². The molecule has 0 atom stereocenters. The second kappa shape index (κ2) is 4.82. The number of benzene rings is 1. The summed E-state index contributed by atoms with van der Waals surface area (Å²) in [5.41, 5.74) is -0.503. The molecule has 9 heteroatoms. The fourth-order valence-electron chi connectivity index (χ4n) is 1.56. The zero-order valence-corrected chi connectivity index (χ0v) is 11.0. The lowest BCUT2D eigenvalue weighted by Crippen LogP contribution is -2.30. The highest BCUT2D eigenvalue weighted by molar-refractivity contribution is 9.10. The first kappa shape index (κ1) is 14.4. The first-order chi connectivity index (χ1) is 9.21. The van der Waals surface area contributed by atoms with E-state index in [4.69, 9.17) is 9.52 Å². The molecule has 0 saturated carbocycles. The van der Waals surface area contributed by atoms with Crippen LogP contribution in [0.15, 0.2) is 27.1 Å². The molecule has 2 aromatic rings. The van der Waals surface area contributed by atoms with E-state index in [1.165, 1.54) is 23.5 Å². The van der Waals surface area contributed by atoms with Crippen LogP contribution in [0, 0.1) is 0 Å². The molecule has 0 aliphatic rings. The van der Waals surface area contributed by atoms with E-state index in [0.717, 1.165) is 0 Å². The average Bonchev–Trinajstić information content (AvgIpc) is 2.68. The number of amides is 1. The van der Waals surface area contributed by atoms with Crippen molar-refractivity contribution in [3.8, 4) is 0 Å². The molecular weight excluding hydrogens is 347 g/mol. The van der Waals surface area contributed by atoms with Gasteiger partial charge in [0, 0.05) is 4.47 Å². The van der Waals surface area contributed by atoms with Crippen molar-refractivity contribution < 1.29 is 32.3 Å². The summed E-state index contributed by atoms with van der Waals surface area (Å²) in [5.74, 6) is -4.64. The van der Waals surface area contributed by atoms with Gasteiger partial charge in [0.05, 0.1) is 5.39 Å². The molecule has 1 aromatic carbocycles. The lowest BCUT2D eigenvalue weighted by atomic mass is 10.2. The predicted molar refractivity (Wildman–Crippen MR) is 65.6 cm³/mol. The van der Waals surface area contributed by atoms with E-state index >= 15 is 0 Å². The van der Waals surface area contributed by atoms with Gasteiger partial charge in [0.25, 0.3) is 0 Å². The summed E-state index contributed by atoms with van der Waals surface area (Å²) in [6, 6.07) is 4.36. The zero-order chi connectivity index (χ0) is 15.1. The van der Waals surface area contributed by atoms with E-state index in [2.05, 4.69) is 15.9 Å². The topological polar surface area (TPSA) is 79.5 Å². The summed E-state index contributed by atoms with van der Waals surface area (Å²) in [6.45, 7) is 0. The average molecular weight is 352 g/mol. The van der Waals surface area contributed by atoms with E-state index in [9.17, 15) is 22.8 Å². The van der Waals surface area contributed by atoms with Crippen LogP contribution in [0.5, 0.6) is 0 Å². The summed E-state index contributed by atoms with van der Waals surface area (Å²) in [6.07, 6.45) is -5.14. The van der Waals surface area contributed by atoms with E-state index in [-0.39, 0.29) is 11.0 Å². The second-order valence-electron chi connectivity index (χ2n) is 3.68. The van der Waals surface area contributed by atoms with Gasteiger partial charge in [-0.1, -0.05) is 6.07 Å². The van der Waals surface area contributed by atoms with Crippen molar-refractivity contribution in [1.82, 2.24) is 0 Å². The Balaban J connectivity index is 2.63. The minimum atomic E-state index is -5.14. The number of carbonyl (C=O) groups excluding carboxylic acids is 1. The molecule has 0 aliphatic heterocycles. The maximum Gasteiger partial charge on any atom is 0.471 e. The number of hydrogen-bond donors (Lipinski definition) is 2. The van der Waals surface area contributed by atoms with Gasteiger partial charge in [0.15, 0.2) is 0 Å². The Labute approximate surface area is 117 Å². The zero-order valence-electron chi connectivity index (χ0n) is 9.42. The Morgan fingerprint density at radius 3 is 2.50 bits per heavy atom. The van der Waals surface area contributed by atoms with Crippen molar-refractivity contribution in [3.63, 3.8) is 0 Å². The lowest BCUT2D eigenvalue weighted by Gasteiger charge is -2.07. The van der Waals surface area contributed by atoms with Crippen molar-refractivity contribution >= 4 is 44.5 Å². The van der Waals surface area contributed by atoms with Crippen molar-refractivity contribution in [2.24, 2.45) is 0 Å².